The second kappa shape index (κ2) is 12.2. The summed E-state index contributed by atoms with van der Waals surface area (Å²) in [6.45, 7) is 6.71. The minimum absolute atomic E-state index is 0.00794. The first-order valence-electron chi connectivity index (χ1n) is 10.8. The van der Waals surface area contributed by atoms with Gasteiger partial charge in [-0.15, -0.1) is 0 Å². The number of nitrogens with zero attached hydrogens (tertiary/aromatic N) is 1. The predicted molar refractivity (Wildman–Crippen MR) is 125 cm³/mol. The van der Waals surface area contributed by atoms with Gasteiger partial charge in [-0.05, 0) is 42.8 Å². The maximum Gasteiger partial charge on any atom is 0.269 e. The summed E-state index contributed by atoms with van der Waals surface area (Å²) in [6.07, 6.45) is 1.89. The van der Waals surface area contributed by atoms with Crippen molar-refractivity contribution in [1.29, 1.82) is 0 Å². The Hall–Kier alpha value is -3.11. The highest BCUT2D eigenvalue weighted by Crippen LogP contribution is 2.28. The molecule has 0 fully saturated rings. The van der Waals surface area contributed by atoms with Gasteiger partial charge in [0.15, 0.2) is 11.5 Å². The largest absolute Gasteiger partial charge is 0.493 e. The van der Waals surface area contributed by atoms with Gasteiger partial charge in [-0.25, -0.2) is 8.42 Å². The number of amides is 2. The molecule has 2 N–H and O–H groups in total. The van der Waals surface area contributed by atoms with Crippen LogP contribution in [-0.2, 0) is 10.0 Å². The first kappa shape index (κ1) is 26.1. The van der Waals surface area contributed by atoms with Gasteiger partial charge < -0.3 is 9.47 Å². The molecule has 0 aliphatic rings. The molecular weight excluding hydrogens is 446 g/mol. The number of hydrazine groups is 1. The standard InChI is InChI=1S/C23H31N3O6S/c1-5-8-14-32-20-13-12-18(16-21(20)31-4)23(28)25-24-22(27)17-10-9-11-19(15-17)33(29,30)26(6-2)7-3/h9-13,15-16H,5-8,14H2,1-4H3,(H,24,27)(H,25,28). The Morgan fingerprint density at radius 2 is 1.55 bits per heavy atom. The molecule has 2 aromatic rings. The highest BCUT2D eigenvalue weighted by Gasteiger charge is 2.22. The fourth-order valence-corrected chi connectivity index (χ4v) is 4.53. The van der Waals surface area contributed by atoms with E-state index in [1.807, 2.05) is 0 Å². The Morgan fingerprint density at radius 3 is 2.12 bits per heavy atom. The summed E-state index contributed by atoms with van der Waals surface area (Å²) in [5, 5.41) is 0. The van der Waals surface area contributed by atoms with E-state index in [-0.39, 0.29) is 16.0 Å². The summed E-state index contributed by atoms with van der Waals surface area (Å²) in [5.41, 5.74) is 4.99. The summed E-state index contributed by atoms with van der Waals surface area (Å²) in [7, 11) is -2.23. The number of unbranched alkanes of at least 4 members (excludes halogenated alkanes) is 1. The molecule has 33 heavy (non-hydrogen) atoms. The number of carbonyl (C=O) groups excluding carboxylic acids is 2. The van der Waals surface area contributed by atoms with Crippen LogP contribution in [0.3, 0.4) is 0 Å². The third kappa shape index (κ3) is 6.69. The quantitative estimate of drug-likeness (QED) is 0.380. The molecule has 2 amide bonds. The van der Waals surface area contributed by atoms with E-state index in [2.05, 4.69) is 17.8 Å². The van der Waals surface area contributed by atoms with Crippen LogP contribution >= 0.6 is 0 Å². The van der Waals surface area contributed by atoms with Gasteiger partial charge in [0.25, 0.3) is 11.8 Å². The van der Waals surface area contributed by atoms with Gasteiger partial charge >= 0.3 is 0 Å². The van der Waals surface area contributed by atoms with Crippen LogP contribution in [0.4, 0.5) is 0 Å². The number of carbonyl (C=O) groups is 2. The van der Waals surface area contributed by atoms with Crippen molar-refractivity contribution in [3.8, 4) is 11.5 Å². The summed E-state index contributed by atoms with van der Waals surface area (Å²) in [6, 6.07) is 10.4. The number of sulfonamides is 1. The monoisotopic (exact) mass is 477 g/mol. The van der Waals surface area contributed by atoms with E-state index in [1.165, 1.54) is 41.7 Å². The van der Waals surface area contributed by atoms with Crippen molar-refractivity contribution in [2.75, 3.05) is 26.8 Å². The molecule has 0 saturated heterocycles. The average molecular weight is 478 g/mol. The van der Waals surface area contributed by atoms with Gasteiger partial charge in [0.05, 0.1) is 18.6 Å². The minimum Gasteiger partial charge on any atom is -0.493 e. The molecule has 2 rings (SSSR count). The fourth-order valence-electron chi connectivity index (χ4n) is 3.02. The lowest BCUT2D eigenvalue weighted by Crippen LogP contribution is -2.41. The molecule has 0 radical (unpaired) electrons. The zero-order chi connectivity index (χ0) is 24.4. The molecular formula is C23H31N3O6S. The molecule has 0 atom stereocenters. The van der Waals surface area contributed by atoms with E-state index in [4.69, 9.17) is 9.47 Å². The van der Waals surface area contributed by atoms with E-state index in [9.17, 15) is 18.0 Å². The number of rotatable bonds is 11. The molecule has 0 aliphatic carbocycles. The van der Waals surface area contributed by atoms with E-state index in [0.717, 1.165) is 12.8 Å². The lowest BCUT2D eigenvalue weighted by molar-refractivity contribution is 0.0846. The van der Waals surface area contributed by atoms with Crippen molar-refractivity contribution in [3.63, 3.8) is 0 Å². The number of hydrogen-bond donors (Lipinski definition) is 2. The van der Waals surface area contributed by atoms with E-state index >= 15 is 0 Å². The number of hydrogen-bond acceptors (Lipinski definition) is 6. The number of methoxy groups -OCH3 is 1. The van der Waals surface area contributed by atoms with Gasteiger partial charge in [-0.3, -0.25) is 20.4 Å². The van der Waals surface area contributed by atoms with Crippen LogP contribution in [-0.4, -0.2) is 51.3 Å². The summed E-state index contributed by atoms with van der Waals surface area (Å²) < 4.78 is 37.6. The van der Waals surface area contributed by atoms with Crippen LogP contribution in [0.25, 0.3) is 0 Å². The smallest absolute Gasteiger partial charge is 0.269 e. The zero-order valence-corrected chi connectivity index (χ0v) is 20.2. The van der Waals surface area contributed by atoms with Crippen molar-refractivity contribution in [1.82, 2.24) is 15.2 Å². The Kier molecular flexibility index (Phi) is 9.68. The molecule has 0 spiro atoms. The van der Waals surface area contributed by atoms with Crippen molar-refractivity contribution in [2.24, 2.45) is 0 Å². The molecule has 0 saturated carbocycles. The average Bonchev–Trinajstić information content (AvgIpc) is 2.83. The highest BCUT2D eigenvalue weighted by atomic mass is 32.2. The molecule has 10 heteroatoms. The van der Waals surface area contributed by atoms with Gasteiger partial charge in [0.1, 0.15) is 0 Å². The third-order valence-electron chi connectivity index (χ3n) is 4.91. The van der Waals surface area contributed by atoms with Crippen LogP contribution in [0.1, 0.15) is 54.3 Å². The predicted octanol–water partition coefficient (Wildman–Crippen LogP) is 2.98. The van der Waals surface area contributed by atoms with Gasteiger partial charge in [-0.1, -0.05) is 33.3 Å². The van der Waals surface area contributed by atoms with Gasteiger partial charge in [-0.2, -0.15) is 4.31 Å². The number of ether oxygens (including phenoxy) is 2. The van der Waals surface area contributed by atoms with Gasteiger partial charge in [0.2, 0.25) is 10.0 Å². The van der Waals surface area contributed by atoms with E-state index < -0.39 is 21.8 Å². The molecule has 0 unspecified atom stereocenters. The number of nitrogens with one attached hydrogen (secondary N) is 2. The second-order valence-corrected chi connectivity index (χ2v) is 9.03. The van der Waals surface area contributed by atoms with Crippen LogP contribution in [0.5, 0.6) is 11.5 Å². The van der Waals surface area contributed by atoms with Crippen LogP contribution in [0.2, 0.25) is 0 Å². The van der Waals surface area contributed by atoms with Crippen LogP contribution < -0.4 is 20.3 Å². The molecule has 0 aliphatic heterocycles. The Balaban J connectivity index is 2.08. The molecule has 9 nitrogen and oxygen atoms in total. The molecule has 0 bridgehead atoms. The van der Waals surface area contributed by atoms with E-state index in [0.29, 0.717) is 31.2 Å². The maximum atomic E-state index is 12.7. The van der Waals surface area contributed by atoms with Crippen molar-refractivity contribution in [2.45, 2.75) is 38.5 Å². The molecule has 0 heterocycles. The highest BCUT2D eigenvalue weighted by molar-refractivity contribution is 7.89. The topological polar surface area (TPSA) is 114 Å². The lowest BCUT2D eigenvalue weighted by Gasteiger charge is -2.18. The van der Waals surface area contributed by atoms with E-state index in [1.54, 1.807) is 26.0 Å². The maximum absolute atomic E-state index is 12.7. The Labute approximate surface area is 195 Å². The Morgan fingerprint density at radius 1 is 0.909 bits per heavy atom. The number of benzene rings is 2. The summed E-state index contributed by atoms with van der Waals surface area (Å²) >= 11 is 0. The third-order valence-corrected chi connectivity index (χ3v) is 6.96. The lowest BCUT2D eigenvalue weighted by atomic mass is 10.2. The van der Waals surface area contributed by atoms with Crippen molar-refractivity contribution >= 4 is 21.8 Å². The zero-order valence-electron chi connectivity index (χ0n) is 19.4. The SMILES string of the molecule is CCCCOc1ccc(C(=O)NNC(=O)c2cccc(S(=O)(=O)N(CC)CC)c2)cc1OC. The summed E-state index contributed by atoms with van der Waals surface area (Å²) in [5.74, 6) is -0.280. The second-order valence-electron chi connectivity index (χ2n) is 7.09. The van der Waals surface area contributed by atoms with Crippen molar-refractivity contribution < 1.29 is 27.5 Å². The molecule has 2 aromatic carbocycles. The van der Waals surface area contributed by atoms with Crippen molar-refractivity contribution in [3.05, 3.63) is 53.6 Å². The van der Waals surface area contributed by atoms with Gasteiger partial charge in [0, 0.05) is 24.2 Å². The molecule has 0 aromatic heterocycles. The first-order chi connectivity index (χ1) is 15.8. The fraction of sp³-hybridized carbons (Fsp3) is 0.391. The Bertz CT molecular complexity index is 1070. The first-order valence-corrected chi connectivity index (χ1v) is 12.2. The normalized spacial score (nSPS) is 11.2. The molecule has 180 valence electrons. The summed E-state index contributed by atoms with van der Waals surface area (Å²) in [4.78, 5) is 25.0. The van der Waals surface area contributed by atoms with Crippen LogP contribution in [0.15, 0.2) is 47.4 Å². The van der Waals surface area contributed by atoms with Crippen LogP contribution in [0, 0.1) is 0 Å². The minimum atomic E-state index is -3.71.